The van der Waals surface area contributed by atoms with Gasteiger partial charge in [0, 0.05) is 9.79 Å². The first-order valence-electron chi connectivity index (χ1n) is 3.92. The van der Waals surface area contributed by atoms with Gasteiger partial charge in [-0.2, -0.15) is 10.5 Å². The molecule has 0 atom stereocenters. The lowest BCUT2D eigenvalue weighted by molar-refractivity contribution is 1.12. The molecule has 0 saturated carbocycles. The van der Waals surface area contributed by atoms with Crippen molar-refractivity contribution < 1.29 is 0 Å². The SMILES string of the molecule is Cc1ccc(C)c(SC#N)c1SC#N. The van der Waals surface area contributed by atoms with Gasteiger partial charge >= 0.3 is 0 Å². The van der Waals surface area contributed by atoms with Crippen LogP contribution in [0.2, 0.25) is 0 Å². The second kappa shape index (κ2) is 4.95. The van der Waals surface area contributed by atoms with Crippen LogP contribution in [0.3, 0.4) is 0 Å². The highest BCUT2D eigenvalue weighted by molar-refractivity contribution is 8.06. The second-order valence-electron chi connectivity index (χ2n) is 2.74. The van der Waals surface area contributed by atoms with E-state index in [1.165, 1.54) is 0 Å². The summed E-state index contributed by atoms with van der Waals surface area (Å²) in [6.45, 7) is 3.89. The number of aryl methyl sites for hydroxylation is 2. The van der Waals surface area contributed by atoms with Crippen LogP contribution in [0.5, 0.6) is 0 Å². The summed E-state index contributed by atoms with van der Waals surface area (Å²) in [4.78, 5) is 1.80. The lowest BCUT2D eigenvalue weighted by Crippen LogP contribution is -1.86. The normalized spacial score (nSPS) is 9.14. The number of benzene rings is 1. The van der Waals surface area contributed by atoms with Crippen LogP contribution < -0.4 is 0 Å². The molecule has 0 N–H and O–H groups in total. The van der Waals surface area contributed by atoms with Gasteiger partial charge in [0.2, 0.25) is 0 Å². The number of hydrogen-bond donors (Lipinski definition) is 0. The van der Waals surface area contributed by atoms with E-state index in [-0.39, 0.29) is 0 Å². The quantitative estimate of drug-likeness (QED) is 0.565. The van der Waals surface area contributed by atoms with Crippen LogP contribution in [-0.4, -0.2) is 0 Å². The van der Waals surface area contributed by atoms with Gasteiger partial charge < -0.3 is 0 Å². The molecule has 0 amide bonds. The van der Waals surface area contributed by atoms with E-state index in [0.29, 0.717) is 0 Å². The summed E-state index contributed by atoms with van der Waals surface area (Å²) < 4.78 is 0. The molecule has 0 aliphatic heterocycles. The number of rotatable bonds is 2. The summed E-state index contributed by atoms with van der Waals surface area (Å²) in [6, 6.07) is 3.94. The van der Waals surface area contributed by atoms with E-state index in [9.17, 15) is 0 Å². The fourth-order valence-electron chi connectivity index (χ4n) is 1.10. The number of nitriles is 2. The monoisotopic (exact) mass is 220 g/mol. The fourth-order valence-corrected chi connectivity index (χ4v) is 2.50. The molecule has 1 aromatic carbocycles. The highest BCUT2D eigenvalue weighted by atomic mass is 32.2. The average molecular weight is 220 g/mol. The highest BCUT2D eigenvalue weighted by Gasteiger charge is 2.09. The maximum absolute atomic E-state index is 8.65. The lowest BCUT2D eigenvalue weighted by atomic mass is 10.2. The van der Waals surface area contributed by atoms with Crippen molar-refractivity contribution in [2.24, 2.45) is 0 Å². The average Bonchev–Trinajstić information content (AvgIpc) is 2.17. The molecule has 0 aromatic heterocycles. The Morgan fingerprint density at radius 2 is 1.29 bits per heavy atom. The maximum atomic E-state index is 8.65. The number of nitrogens with zero attached hydrogens (tertiary/aromatic N) is 2. The van der Waals surface area contributed by atoms with Crippen LogP contribution in [0, 0.1) is 35.2 Å². The molecule has 0 aliphatic carbocycles. The van der Waals surface area contributed by atoms with Gasteiger partial charge in [0.25, 0.3) is 0 Å². The van der Waals surface area contributed by atoms with Crippen LogP contribution in [0.25, 0.3) is 0 Å². The summed E-state index contributed by atoms with van der Waals surface area (Å²) in [6.07, 6.45) is 0. The van der Waals surface area contributed by atoms with Gasteiger partial charge in [0.1, 0.15) is 10.8 Å². The zero-order valence-corrected chi connectivity index (χ0v) is 9.50. The van der Waals surface area contributed by atoms with Gasteiger partial charge in [-0.1, -0.05) is 12.1 Å². The number of thioether (sulfide) groups is 2. The minimum absolute atomic E-state index is 0.902. The third kappa shape index (κ3) is 2.23. The Balaban J connectivity index is 3.29. The molecule has 0 radical (unpaired) electrons. The standard InChI is InChI=1S/C10H8N2S2/c1-7-3-4-8(2)10(14-6-12)9(7)13-5-11/h3-4H,1-2H3. The summed E-state index contributed by atoms with van der Waals surface area (Å²) in [5, 5.41) is 21.4. The van der Waals surface area contributed by atoms with Crippen molar-refractivity contribution in [3.05, 3.63) is 23.3 Å². The third-order valence-corrected chi connectivity index (χ3v) is 3.57. The minimum Gasteiger partial charge on any atom is -0.185 e. The predicted molar refractivity (Wildman–Crippen MR) is 58.9 cm³/mol. The summed E-state index contributed by atoms with van der Waals surface area (Å²) in [5.41, 5.74) is 2.08. The third-order valence-electron chi connectivity index (χ3n) is 1.80. The van der Waals surface area contributed by atoms with Gasteiger partial charge in [-0.3, -0.25) is 0 Å². The van der Waals surface area contributed by atoms with Crippen molar-refractivity contribution in [1.29, 1.82) is 10.5 Å². The molecule has 1 aromatic rings. The van der Waals surface area contributed by atoms with Crippen LogP contribution in [0.15, 0.2) is 21.9 Å². The van der Waals surface area contributed by atoms with Gasteiger partial charge in [0.15, 0.2) is 0 Å². The van der Waals surface area contributed by atoms with Gasteiger partial charge in [-0.15, -0.1) is 0 Å². The van der Waals surface area contributed by atoms with E-state index >= 15 is 0 Å². The molecule has 0 saturated heterocycles. The predicted octanol–water partition coefficient (Wildman–Crippen LogP) is 3.45. The Kier molecular flexibility index (Phi) is 3.88. The number of thiocyanates is 2. The van der Waals surface area contributed by atoms with Gasteiger partial charge in [0.05, 0.1) is 0 Å². The Morgan fingerprint density at radius 1 is 0.929 bits per heavy atom. The summed E-state index contributed by atoms with van der Waals surface area (Å²) in [5.74, 6) is 0. The van der Waals surface area contributed by atoms with E-state index in [1.807, 2.05) is 36.8 Å². The van der Waals surface area contributed by atoms with E-state index in [0.717, 1.165) is 44.4 Å². The molecule has 0 unspecified atom stereocenters. The number of hydrogen-bond acceptors (Lipinski definition) is 4. The van der Waals surface area contributed by atoms with Crippen molar-refractivity contribution >= 4 is 23.5 Å². The highest BCUT2D eigenvalue weighted by Crippen LogP contribution is 2.35. The Labute approximate surface area is 91.9 Å². The Morgan fingerprint density at radius 3 is 1.57 bits per heavy atom. The van der Waals surface area contributed by atoms with Crippen molar-refractivity contribution in [2.45, 2.75) is 23.6 Å². The molecule has 4 heteroatoms. The van der Waals surface area contributed by atoms with E-state index in [4.69, 9.17) is 10.5 Å². The van der Waals surface area contributed by atoms with E-state index in [1.54, 1.807) is 0 Å². The first-order valence-corrected chi connectivity index (χ1v) is 5.56. The maximum Gasteiger partial charge on any atom is 0.138 e. The summed E-state index contributed by atoms with van der Waals surface area (Å²) >= 11 is 2.23. The van der Waals surface area contributed by atoms with Crippen molar-refractivity contribution in [2.75, 3.05) is 0 Å². The first-order chi connectivity index (χ1) is 6.70. The molecule has 70 valence electrons. The van der Waals surface area contributed by atoms with Crippen molar-refractivity contribution in [3.8, 4) is 10.8 Å². The van der Waals surface area contributed by atoms with Gasteiger partial charge in [-0.05, 0) is 48.5 Å². The van der Waals surface area contributed by atoms with Crippen LogP contribution >= 0.6 is 23.5 Å². The molecular formula is C10H8N2S2. The zero-order chi connectivity index (χ0) is 10.6. The van der Waals surface area contributed by atoms with Gasteiger partial charge in [-0.25, -0.2) is 0 Å². The van der Waals surface area contributed by atoms with Crippen LogP contribution in [0.4, 0.5) is 0 Å². The molecule has 0 fully saturated rings. The molecule has 0 heterocycles. The van der Waals surface area contributed by atoms with E-state index < -0.39 is 0 Å². The molecule has 0 spiro atoms. The summed E-state index contributed by atoms with van der Waals surface area (Å²) in [7, 11) is 0. The topological polar surface area (TPSA) is 47.6 Å². The largest absolute Gasteiger partial charge is 0.185 e. The Hall–Kier alpha value is -1.10. The fraction of sp³-hybridized carbons (Fsp3) is 0.200. The van der Waals surface area contributed by atoms with Crippen molar-refractivity contribution in [1.82, 2.24) is 0 Å². The molecule has 0 aliphatic rings. The van der Waals surface area contributed by atoms with Crippen LogP contribution in [-0.2, 0) is 0 Å². The van der Waals surface area contributed by atoms with Crippen LogP contribution in [0.1, 0.15) is 11.1 Å². The molecular weight excluding hydrogens is 212 g/mol. The lowest BCUT2D eigenvalue weighted by Gasteiger charge is -2.08. The Bertz CT molecular complexity index is 386. The molecule has 0 bridgehead atoms. The molecule has 14 heavy (non-hydrogen) atoms. The molecule has 1 rings (SSSR count). The smallest absolute Gasteiger partial charge is 0.138 e. The first kappa shape index (κ1) is 11.0. The van der Waals surface area contributed by atoms with Crippen molar-refractivity contribution in [3.63, 3.8) is 0 Å². The van der Waals surface area contributed by atoms with E-state index in [2.05, 4.69) is 0 Å². The minimum atomic E-state index is 0.902. The molecule has 2 nitrogen and oxygen atoms in total. The second-order valence-corrected chi connectivity index (χ2v) is 4.33. The zero-order valence-electron chi connectivity index (χ0n) is 7.87.